The van der Waals surface area contributed by atoms with Crippen molar-refractivity contribution in [2.45, 2.75) is 52.2 Å². The van der Waals surface area contributed by atoms with E-state index in [9.17, 15) is 4.79 Å². The number of carbonyl (C=O) groups excluding carboxylic acids is 1. The number of nitrogens with one attached hydrogen (secondary N) is 1. The lowest BCUT2D eigenvalue weighted by Gasteiger charge is -2.21. The molecule has 1 N–H and O–H groups in total. The van der Waals surface area contributed by atoms with Gasteiger partial charge >= 0.3 is 0 Å². The average Bonchev–Trinajstić information content (AvgIpc) is 3.29. The minimum Gasteiger partial charge on any atom is -0.337 e. The third-order valence-corrected chi connectivity index (χ3v) is 4.79. The van der Waals surface area contributed by atoms with Crippen LogP contribution in [0.2, 0.25) is 0 Å². The van der Waals surface area contributed by atoms with Crippen molar-refractivity contribution in [2.24, 2.45) is 0 Å². The zero-order chi connectivity index (χ0) is 17.6. The van der Waals surface area contributed by atoms with Gasteiger partial charge in [0.15, 0.2) is 0 Å². The van der Waals surface area contributed by atoms with E-state index in [2.05, 4.69) is 22.4 Å². The number of carbonyl (C=O) groups is 1. The molecule has 136 valence electrons. The lowest BCUT2D eigenvalue weighted by molar-refractivity contribution is -0.132. The van der Waals surface area contributed by atoms with Gasteiger partial charge in [-0.3, -0.25) is 14.2 Å². The van der Waals surface area contributed by atoms with Gasteiger partial charge in [0, 0.05) is 50.1 Å². The van der Waals surface area contributed by atoms with Crippen LogP contribution < -0.4 is 5.32 Å². The molecule has 0 saturated carbocycles. The standard InChI is InChI=1S/C18H28N6O/c1-3-22(12-15-10-20-23(4-2)13-15)18(25)14-24-9-7-17(21-24)16-6-5-8-19-11-16/h7,9-10,13,16,19H,3-6,8,11-12,14H2,1-2H3/t16-/m0/s1. The van der Waals surface area contributed by atoms with E-state index in [0.717, 1.165) is 30.9 Å². The Morgan fingerprint density at radius 1 is 1.40 bits per heavy atom. The summed E-state index contributed by atoms with van der Waals surface area (Å²) in [4.78, 5) is 14.5. The summed E-state index contributed by atoms with van der Waals surface area (Å²) in [6.07, 6.45) is 8.11. The number of amides is 1. The van der Waals surface area contributed by atoms with E-state index in [1.165, 1.54) is 12.8 Å². The van der Waals surface area contributed by atoms with Gasteiger partial charge in [0.05, 0.1) is 11.9 Å². The van der Waals surface area contributed by atoms with Gasteiger partial charge in [0.1, 0.15) is 6.54 Å². The fourth-order valence-electron chi connectivity index (χ4n) is 3.28. The summed E-state index contributed by atoms with van der Waals surface area (Å²) in [5.74, 6) is 0.551. The van der Waals surface area contributed by atoms with E-state index in [4.69, 9.17) is 0 Å². The number of aromatic nitrogens is 4. The smallest absolute Gasteiger partial charge is 0.244 e. The molecule has 1 atom stereocenters. The number of hydrogen-bond acceptors (Lipinski definition) is 4. The highest BCUT2D eigenvalue weighted by Crippen LogP contribution is 2.21. The molecule has 2 aromatic heterocycles. The van der Waals surface area contributed by atoms with Gasteiger partial charge in [-0.05, 0) is 39.3 Å². The molecule has 0 radical (unpaired) electrons. The Labute approximate surface area is 149 Å². The van der Waals surface area contributed by atoms with E-state index >= 15 is 0 Å². The molecular weight excluding hydrogens is 316 g/mol. The first-order valence-electron chi connectivity index (χ1n) is 9.22. The molecule has 1 amide bonds. The number of piperidine rings is 1. The minimum atomic E-state index is 0.0863. The topological polar surface area (TPSA) is 68.0 Å². The van der Waals surface area contributed by atoms with Gasteiger partial charge in [-0.25, -0.2) is 0 Å². The maximum atomic E-state index is 12.6. The molecule has 7 heteroatoms. The zero-order valence-corrected chi connectivity index (χ0v) is 15.2. The molecular formula is C18H28N6O. The maximum absolute atomic E-state index is 12.6. The van der Waals surface area contributed by atoms with Crippen LogP contribution in [-0.2, 0) is 24.4 Å². The first-order valence-corrected chi connectivity index (χ1v) is 9.22. The van der Waals surface area contributed by atoms with Crippen LogP contribution in [0.5, 0.6) is 0 Å². The van der Waals surface area contributed by atoms with Crippen LogP contribution in [0.3, 0.4) is 0 Å². The highest BCUT2D eigenvalue weighted by Gasteiger charge is 2.19. The lowest BCUT2D eigenvalue weighted by Crippen LogP contribution is -2.33. The second-order valence-corrected chi connectivity index (χ2v) is 6.59. The predicted octanol–water partition coefficient (Wildman–Crippen LogP) is 1.62. The molecule has 7 nitrogen and oxygen atoms in total. The van der Waals surface area contributed by atoms with E-state index in [1.807, 2.05) is 41.2 Å². The molecule has 0 spiro atoms. The van der Waals surface area contributed by atoms with Gasteiger partial charge in [-0.2, -0.15) is 10.2 Å². The van der Waals surface area contributed by atoms with Crippen molar-refractivity contribution in [2.75, 3.05) is 19.6 Å². The number of likely N-dealkylation sites (N-methyl/N-ethyl adjacent to an activating group) is 1. The SMILES string of the molecule is CCN(Cc1cnn(CC)c1)C(=O)Cn1ccc([C@H]2CCCNC2)n1. The summed E-state index contributed by atoms with van der Waals surface area (Å²) in [5, 5.41) is 12.3. The summed E-state index contributed by atoms with van der Waals surface area (Å²) in [6, 6.07) is 2.05. The van der Waals surface area contributed by atoms with Crippen LogP contribution in [0.25, 0.3) is 0 Å². The van der Waals surface area contributed by atoms with Gasteiger partial charge in [-0.15, -0.1) is 0 Å². The fraction of sp³-hybridized carbons (Fsp3) is 0.611. The molecule has 0 aromatic carbocycles. The molecule has 3 rings (SSSR count). The van der Waals surface area contributed by atoms with E-state index in [-0.39, 0.29) is 12.5 Å². The molecule has 25 heavy (non-hydrogen) atoms. The Kier molecular flexibility index (Phi) is 5.86. The normalized spacial score (nSPS) is 17.6. The summed E-state index contributed by atoms with van der Waals surface area (Å²) in [7, 11) is 0. The van der Waals surface area contributed by atoms with E-state index < -0.39 is 0 Å². The van der Waals surface area contributed by atoms with Crippen LogP contribution in [-0.4, -0.2) is 50.0 Å². The zero-order valence-electron chi connectivity index (χ0n) is 15.2. The molecule has 0 aliphatic carbocycles. The van der Waals surface area contributed by atoms with Crippen molar-refractivity contribution in [3.63, 3.8) is 0 Å². The summed E-state index contributed by atoms with van der Waals surface area (Å²) >= 11 is 0. The number of rotatable bonds is 7. The molecule has 1 saturated heterocycles. The van der Waals surface area contributed by atoms with Crippen LogP contribution in [0.4, 0.5) is 0 Å². The molecule has 0 bridgehead atoms. The highest BCUT2D eigenvalue weighted by molar-refractivity contribution is 5.75. The maximum Gasteiger partial charge on any atom is 0.244 e. The van der Waals surface area contributed by atoms with Crippen LogP contribution >= 0.6 is 0 Å². The summed E-state index contributed by atoms with van der Waals surface area (Å²) in [6.45, 7) is 8.53. The van der Waals surface area contributed by atoms with E-state index in [0.29, 0.717) is 19.0 Å². The lowest BCUT2D eigenvalue weighted by atomic mass is 9.97. The molecule has 3 heterocycles. The van der Waals surface area contributed by atoms with Crippen molar-refractivity contribution in [3.8, 4) is 0 Å². The third-order valence-electron chi connectivity index (χ3n) is 4.79. The van der Waals surface area contributed by atoms with E-state index in [1.54, 1.807) is 4.68 Å². The fourth-order valence-corrected chi connectivity index (χ4v) is 3.28. The molecule has 0 unspecified atom stereocenters. The Balaban J connectivity index is 1.58. The Morgan fingerprint density at radius 2 is 2.28 bits per heavy atom. The largest absolute Gasteiger partial charge is 0.337 e. The molecule has 1 aliphatic rings. The highest BCUT2D eigenvalue weighted by atomic mass is 16.2. The van der Waals surface area contributed by atoms with Crippen molar-refractivity contribution in [1.82, 2.24) is 29.8 Å². The van der Waals surface area contributed by atoms with Gasteiger partial charge < -0.3 is 10.2 Å². The minimum absolute atomic E-state index is 0.0863. The second-order valence-electron chi connectivity index (χ2n) is 6.59. The first-order chi connectivity index (χ1) is 12.2. The number of hydrogen-bond donors (Lipinski definition) is 1. The Hall–Kier alpha value is -2.15. The Bertz CT molecular complexity index is 685. The van der Waals surface area contributed by atoms with Crippen LogP contribution in [0.15, 0.2) is 24.7 Å². The van der Waals surface area contributed by atoms with Crippen molar-refractivity contribution < 1.29 is 4.79 Å². The van der Waals surface area contributed by atoms with Crippen molar-refractivity contribution in [1.29, 1.82) is 0 Å². The molecule has 1 aliphatic heterocycles. The van der Waals surface area contributed by atoms with Gasteiger partial charge in [-0.1, -0.05) is 0 Å². The van der Waals surface area contributed by atoms with Crippen molar-refractivity contribution >= 4 is 5.91 Å². The summed E-state index contributed by atoms with van der Waals surface area (Å²) in [5.41, 5.74) is 2.15. The third kappa shape index (κ3) is 4.48. The predicted molar refractivity (Wildman–Crippen MR) is 96.1 cm³/mol. The van der Waals surface area contributed by atoms with Crippen LogP contribution in [0, 0.1) is 0 Å². The van der Waals surface area contributed by atoms with Crippen molar-refractivity contribution in [3.05, 3.63) is 35.9 Å². The number of nitrogens with zero attached hydrogens (tertiary/aromatic N) is 5. The van der Waals surface area contributed by atoms with Gasteiger partial charge in [0.25, 0.3) is 0 Å². The average molecular weight is 344 g/mol. The monoisotopic (exact) mass is 344 g/mol. The Morgan fingerprint density at radius 3 is 2.96 bits per heavy atom. The molecule has 1 fully saturated rings. The molecule has 2 aromatic rings. The van der Waals surface area contributed by atoms with Crippen LogP contribution in [0.1, 0.15) is 43.9 Å². The second kappa shape index (κ2) is 8.29. The quantitative estimate of drug-likeness (QED) is 0.829. The summed E-state index contributed by atoms with van der Waals surface area (Å²) < 4.78 is 3.65. The first kappa shape index (κ1) is 17.7. The van der Waals surface area contributed by atoms with Gasteiger partial charge in [0.2, 0.25) is 5.91 Å². The number of aryl methyl sites for hydroxylation is 1.